The SMILES string of the molecule is CCc1ccc(-c2nc(SCC(=O)N(Cc3ccccc3)C(C)(C)C)n[nH]2)cc1. The van der Waals surface area contributed by atoms with Gasteiger partial charge in [-0.15, -0.1) is 5.10 Å². The number of carbonyl (C=O) groups is 1. The lowest BCUT2D eigenvalue weighted by molar-refractivity contribution is -0.133. The summed E-state index contributed by atoms with van der Waals surface area (Å²) in [6.07, 6.45) is 1.01. The number of nitrogens with zero attached hydrogens (tertiary/aromatic N) is 3. The van der Waals surface area contributed by atoms with Gasteiger partial charge in [0, 0.05) is 17.6 Å². The van der Waals surface area contributed by atoms with Gasteiger partial charge in [-0.25, -0.2) is 4.98 Å². The van der Waals surface area contributed by atoms with E-state index in [4.69, 9.17) is 0 Å². The normalized spacial score (nSPS) is 11.4. The molecule has 2 aromatic carbocycles. The van der Waals surface area contributed by atoms with Crippen molar-refractivity contribution in [1.82, 2.24) is 20.1 Å². The Morgan fingerprint density at radius 2 is 1.72 bits per heavy atom. The van der Waals surface area contributed by atoms with Crippen molar-refractivity contribution in [2.45, 2.75) is 51.4 Å². The van der Waals surface area contributed by atoms with Crippen molar-refractivity contribution >= 4 is 17.7 Å². The zero-order valence-electron chi connectivity index (χ0n) is 17.5. The number of aromatic nitrogens is 3. The van der Waals surface area contributed by atoms with Crippen LogP contribution in [-0.4, -0.2) is 37.3 Å². The molecule has 0 saturated heterocycles. The zero-order valence-corrected chi connectivity index (χ0v) is 18.3. The number of hydrogen-bond acceptors (Lipinski definition) is 4. The average molecular weight is 409 g/mol. The lowest BCUT2D eigenvalue weighted by atomic mass is 10.0. The Kier molecular flexibility index (Phi) is 6.75. The summed E-state index contributed by atoms with van der Waals surface area (Å²) in [4.78, 5) is 19.4. The first-order valence-electron chi connectivity index (χ1n) is 9.85. The molecule has 1 N–H and O–H groups in total. The summed E-state index contributed by atoms with van der Waals surface area (Å²) in [5, 5.41) is 7.83. The van der Waals surface area contributed by atoms with E-state index in [9.17, 15) is 4.79 Å². The Morgan fingerprint density at radius 3 is 2.34 bits per heavy atom. The third kappa shape index (κ3) is 5.70. The van der Waals surface area contributed by atoms with Gasteiger partial charge in [0.1, 0.15) is 0 Å². The lowest BCUT2D eigenvalue weighted by Crippen LogP contribution is -2.45. The zero-order chi connectivity index (χ0) is 20.9. The van der Waals surface area contributed by atoms with Gasteiger partial charge in [0.15, 0.2) is 5.82 Å². The molecule has 0 aliphatic heterocycles. The topological polar surface area (TPSA) is 61.9 Å². The van der Waals surface area contributed by atoms with Crippen molar-refractivity contribution in [3.63, 3.8) is 0 Å². The number of carbonyl (C=O) groups excluding carboxylic acids is 1. The molecule has 0 saturated carbocycles. The van der Waals surface area contributed by atoms with Gasteiger partial charge in [0.25, 0.3) is 0 Å². The number of nitrogens with one attached hydrogen (secondary N) is 1. The summed E-state index contributed by atoms with van der Waals surface area (Å²) in [7, 11) is 0. The van der Waals surface area contributed by atoms with E-state index in [-0.39, 0.29) is 11.4 Å². The van der Waals surface area contributed by atoms with Crippen LogP contribution < -0.4 is 0 Å². The fourth-order valence-electron chi connectivity index (χ4n) is 3.01. The second-order valence-electron chi connectivity index (χ2n) is 7.94. The minimum atomic E-state index is -0.265. The number of aryl methyl sites for hydroxylation is 1. The van der Waals surface area contributed by atoms with Crippen molar-refractivity contribution in [2.75, 3.05) is 5.75 Å². The highest BCUT2D eigenvalue weighted by Gasteiger charge is 2.26. The summed E-state index contributed by atoms with van der Waals surface area (Å²) >= 11 is 1.36. The summed E-state index contributed by atoms with van der Waals surface area (Å²) in [6.45, 7) is 8.90. The second kappa shape index (κ2) is 9.27. The van der Waals surface area contributed by atoms with Crippen LogP contribution in [0.25, 0.3) is 11.4 Å². The van der Waals surface area contributed by atoms with Crippen LogP contribution in [0.2, 0.25) is 0 Å². The molecule has 0 aliphatic carbocycles. The summed E-state index contributed by atoms with van der Waals surface area (Å²) in [5.74, 6) is 1.10. The van der Waals surface area contributed by atoms with E-state index >= 15 is 0 Å². The van der Waals surface area contributed by atoms with E-state index in [0.29, 0.717) is 17.5 Å². The first-order valence-corrected chi connectivity index (χ1v) is 10.8. The molecule has 1 amide bonds. The quantitative estimate of drug-likeness (QED) is 0.562. The van der Waals surface area contributed by atoms with Gasteiger partial charge in [-0.1, -0.05) is 73.3 Å². The molecule has 0 spiro atoms. The van der Waals surface area contributed by atoms with Gasteiger partial charge in [-0.05, 0) is 38.3 Å². The van der Waals surface area contributed by atoms with E-state index in [1.807, 2.05) is 47.4 Å². The molecule has 29 heavy (non-hydrogen) atoms. The van der Waals surface area contributed by atoms with Crippen molar-refractivity contribution in [2.24, 2.45) is 0 Å². The van der Waals surface area contributed by atoms with Crippen LogP contribution in [0.1, 0.15) is 38.8 Å². The molecule has 0 atom stereocenters. The Bertz CT molecular complexity index is 930. The smallest absolute Gasteiger partial charge is 0.233 e. The van der Waals surface area contributed by atoms with Crippen molar-refractivity contribution < 1.29 is 4.79 Å². The standard InChI is InChI=1S/C23H28N4OS/c1-5-17-11-13-19(14-12-17)21-24-22(26-25-21)29-16-20(28)27(23(2,3)4)15-18-9-7-6-8-10-18/h6-14H,5,15-16H2,1-4H3,(H,24,25,26). The number of benzene rings is 2. The molecule has 0 bridgehead atoms. The molecule has 0 aliphatic rings. The fourth-order valence-corrected chi connectivity index (χ4v) is 3.68. The Hall–Kier alpha value is -2.60. The molecular formula is C23H28N4OS. The molecule has 5 nitrogen and oxygen atoms in total. The predicted molar refractivity (Wildman–Crippen MR) is 119 cm³/mol. The number of thioether (sulfide) groups is 1. The van der Waals surface area contributed by atoms with Gasteiger partial charge in [0.05, 0.1) is 5.75 Å². The highest BCUT2D eigenvalue weighted by Crippen LogP contribution is 2.23. The van der Waals surface area contributed by atoms with E-state index in [0.717, 1.165) is 23.4 Å². The van der Waals surface area contributed by atoms with Crippen LogP contribution in [0, 0.1) is 0 Å². The molecule has 6 heteroatoms. The molecule has 3 rings (SSSR count). The van der Waals surface area contributed by atoms with Crippen LogP contribution in [0.3, 0.4) is 0 Å². The average Bonchev–Trinajstić information content (AvgIpc) is 3.19. The summed E-state index contributed by atoms with van der Waals surface area (Å²) in [6, 6.07) is 18.3. The van der Waals surface area contributed by atoms with Crippen molar-refractivity contribution in [1.29, 1.82) is 0 Å². The molecule has 0 fully saturated rings. The molecule has 1 heterocycles. The van der Waals surface area contributed by atoms with Gasteiger partial charge in [-0.3, -0.25) is 9.89 Å². The maximum absolute atomic E-state index is 13.0. The van der Waals surface area contributed by atoms with Crippen LogP contribution in [0.4, 0.5) is 0 Å². The Balaban J connectivity index is 1.64. The fraction of sp³-hybridized carbons (Fsp3) is 0.348. The molecule has 1 aromatic heterocycles. The number of rotatable bonds is 7. The van der Waals surface area contributed by atoms with E-state index in [1.54, 1.807) is 0 Å². The number of H-pyrrole nitrogens is 1. The number of hydrogen-bond donors (Lipinski definition) is 1. The van der Waals surface area contributed by atoms with Crippen LogP contribution >= 0.6 is 11.8 Å². The summed E-state index contributed by atoms with van der Waals surface area (Å²) < 4.78 is 0. The first kappa shape index (κ1) is 21.1. The van der Waals surface area contributed by atoms with Crippen LogP contribution in [-0.2, 0) is 17.8 Å². The van der Waals surface area contributed by atoms with Crippen molar-refractivity contribution in [3.8, 4) is 11.4 Å². The van der Waals surface area contributed by atoms with Crippen LogP contribution in [0.5, 0.6) is 0 Å². The predicted octanol–water partition coefficient (Wildman–Crippen LogP) is 4.95. The number of amides is 1. The van der Waals surface area contributed by atoms with Gasteiger partial charge >= 0.3 is 0 Å². The first-order chi connectivity index (χ1) is 13.9. The maximum Gasteiger partial charge on any atom is 0.233 e. The van der Waals surface area contributed by atoms with Gasteiger partial charge < -0.3 is 4.90 Å². The Morgan fingerprint density at radius 1 is 1.03 bits per heavy atom. The number of aromatic amines is 1. The summed E-state index contributed by atoms with van der Waals surface area (Å²) in [5.41, 5.74) is 3.14. The molecule has 0 unspecified atom stereocenters. The second-order valence-corrected chi connectivity index (χ2v) is 8.88. The third-order valence-corrected chi connectivity index (χ3v) is 5.55. The molecule has 0 radical (unpaired) electrons. The molecular weight excluding hydrogens is 380 g/mol. The van der Waals surface area contributed by atoms with Crippen LogP contribution in [0.15, 0.2) is 59.8 Å². The van der Waals surface area contributed by atoms with Gasteiger partial charge in [-0.2, -0.15) is 0 Å². The maximum atomic E-state index is 13.0. The van der Waals surface area contributed by atoms with E-state index < -0.39 is 0 Å². The molecule has 152 valence electrons. The van der Waals surface area contributed by atoms with Crippen molar-refractivity contribution in [3.05, 3.63) is 65.7 Å². The van der Waals surface area contributed by atoms with E-state index in [1.165, 1.54) is 17.3 Å². The highest BCUT2D eigenvalue weighted by molar-refractivity contribution is 7.99. The van der Waals surface area contributed by atoms with E-state index in [2.05, 4.69) is 55.0 Å². The molecule has 3 aromatic rings. The van der Waals surface area contributed by atoms with Gasteiger partial charge in [0.2, 0.25) is 11.1 Å². The minimum Gasteiger partial charge on any atom is -0.333 e. The Labute approximate surface area is 176 Å². The lowest BCUT2D eigenvalue weighted by Gasteiger charge is -2.35. The minimum absolute atomic E-state index is 0.0741. The largest absolute Gasteiger partial charge is 0.333 e. The monoisotopic (exact) mass is 408 g/mol. The highest BCUT2D eigenvalue weighted by atomic mass is 32.2. The third-order valence-electron chi connectivity index (χ3n) is 4.72.